The van der Waals surface area contributed by atoms with Crippen LogP contribution in [0.15, 0.2) is 191 Å². The van der Waals surface area contributed by atoms with Crippen molar-refractivity contribution < 1.29 is 8.83 Å². The van der Waals surface area contributed by atoms with Crippen molar-refractivity contribution in [3.05, 3.63) is 182 Å². The van der Waals surface area contributed by atoms with Gasteiger partial charge in [0.1, 0.15) is 16.7 Å². The molecule has 0 unspecified atom stereocenters. The Kier molecular flexibility index (Phi) is 6.78. The lowest BCUT2D eigenvalue weighted by molar-refractivity contribution is 0.621. The summed E-state index contributed by atoms with van der Waals surface area (Å²) in [6.07, 6.45) is 0. The van der Waals surface area contributed by atoms with Gasteiger partial charge in [-0.05, 0) is 88.1 Å². The zero-order chi connectivity index (χ0) is 33.7. The molecule has 240 valence electrons. The molecule has 0 amide bonds. The third-order valence-electron chi connectivity index (χ3n) is 9.70. The highest BCUT2D eigenvalue weighted by atomic mass is 16.3. The van der Waals surface area contributed by atoms with Crippen molar-refractivity contribution in [3.8, 4) is 33.7 Å². The predicted octanol–water partition coefficient (Wildman–Crippen LogP) is 13.4. The molecule has 0 aliphatic rings. The number of anilines is 3. The number of aromatic nitrogens is 1. The van der Waals surface area contributed by atoms with Crippen LogP contribution in [0.3, 0.4) is 0 Å². The number of nitrogens with zero attached hydrogens (tertiary/aromatic N) is 2. The van der Waals surface area contributed by atoms with E-state index >= 15 is 0 Å². The van der Waals surface area contributed by atoms with Gasteiger partial charge in [0, 0.05) is 27.9 Å². The van der Waals surface area contributed by atoms with Gasteiger partial charge in [0.15, 0.2) is 5.58 Å². The lowest BCUT2D eigenvalue weighted by Crippen LogP contribution is -2.10. The van der Waals surface area contributed by atoms with Crippen LogP contribution in [0.5, 0.6) is 0 Å². The van der Waals surface area contributed by atoms with E-state index in [-0.39, 0.29) is 0 Å². The summed E-state index contributed by atoms with van der Waals surface area (Å²) in [7, 11) is 0. The smallest absolute Gasteiger partial charge is 0.227 e. The molecule has 4 nitrogen and oxygen atoms in total. The van der Waals surface area contributed by atoms with Crippen LogP contribution in [-0.4, -0.2) is 4.98 Å². The second kappa shape index (κ2) is 11.9. The zero-order valence-electron chi connectivity index (χ0n) is 27.5. The molecule has 0 atom stereocenters. The third kappa shape index (κ3) is 5.04. The summed E-state index contributed by atoms with van der Waals surface area (Å²) < 4.78 is 12.8. The Balaban J connectivity index is 1.08. The molecule has 0 fully saturated rings. The van der Waals surface area contributed by atoms with Crippen LogP contribution in [-0.2, 0) is 0 Å². The van der Waals surface area contributed by atoms with Crippen LogP contribution in [0, 0.1) is 0 Å². The monoisotopic (exact) mass is 654 g/mol. The molecule has 51 heavy (non-hydrogen) atoms. The Morgan fingerprint density at radius 1 is 0.431 bits per heavy atom. The van der Waals surface area contributed by atoms with Gasteiger partial charge in [-0.25, -0.2) is 4.98 Å². The van der Waals surface area contributed by atoms with Crippen molar-refractivity contribution in [2.24, 2.45) is 0 Å². The summed E-state index contributed by atoms with van der Waals surface area (Å²) in [4.78, 5) is 7.21. The van der Waals surface area contributed by atoms with E-state index in [1.807, 2.05) is 36.4 Å². The first kappa shape index (κ1) is 29.0. The Labute approximate surface area is 294 Å². The molecule has 10 rings (SSSR count). The number of furan rings is 1. The SMILES string of the molecule is c1ccc(-c2ccc(N(c3ccc(-c4cccc5nc(-c6ccc7ccccc7c6)oc45)cc3)c3cccc4oc5ccccc5c34)cc2)cc1. The number of fused-ring (bicyclic) bond motifs is 5. The molecular weight excluding hydrogens is 625 g/mol. The first-order chi connectivity index (χ1) is 25.3. The molecule has 0 N–H and O–H groups in total. The minimum atomic E-state index is 0.616. The highest BCUT2D eigenvalue weighted by Gasteiger charge is 2.20. The molecular formula is C47H30N2O2. The van der Waals surface area contributed by atoms with Crippen molar-refractivity contribution in [2.75, 3.05) is 4.90 Å². The second-order valence-electron chi connectivity index (χ2n) is 12.8. The lowest BCUT2D eigenvalue weighted by atomic mass is 10.0. The number of hydrogen-bond acceptors (Lipinski definition) is 4. The maximum absolute atomic E-state index is 6.50. The van der Waals surface area contributed by atoms with Gasteiger partial charge in [0.2, 0.25) is 5.89 Å². The van der Waals surface area contributed by atoms with Crippen LogP contribution in [0.2, 0.25) is 0 Å². The van der Waals surface area contributed by atoms with E-state index < -0.39 is 0 Å². The third-order valence-corrected chi connectivity index (χ3v) is 9.70. The molecule has 0 saturated heterocycles. The van der Waals surface area contributed by atoms with Crippen LogP contribution in [0.4, 0.5) is 17.1 Å². The average Bonchev–Trinajstić information content (AvgIpc) is 3.81. The Morgan fingerprint density at radius 2 is 1.08 bits per heavy atom. The molecule has 4 heteroatoms. The standard InChI is InChI=1S/C47H30N2O2/c1-2-10-31(11-3-1)33-22-26-37(27-23-33)49(42-17-9-19-44-45(42)40-14-6-7-18-43(40)50-44)38-28-24-34(25-29-38)39-15-8-16-41-46(39)51-47(48-41)36-21-20-32-12-4-5-13-35(32)30-36/h1-30H. The molecule has 10 aromatic rings. The number of para-hydroxylation sites is 2. The topological polar surface area (TPSA) is 42.4 Å². The van der Waals surface area contributed by atoms with Gasteiger partial charge in [-0.1, -0.05) is 121 Å². The first-order valence-electron chi connectivity index (χ1n) is 17.1. The van der Waals surface area contributed by atoms with E-state index in [1.165, 1.54) is 16.5 Å². The van der Waals surface area contributed by atoms with Gasteiger partial charge in [0.25, 0.3) is 0 Å². The first-order valence-corrected chi connectivity index (χ1v) is 17.1. The van der Waals surface area contributed by atoms with E-state index in [0.717, 1.165) is 72.2 Å². The van der Waals surface area contributed by atoms with Crippen LogP contribution in [0.1, 0.15) is 0 Å². The minimum Gasteiger partial charge on any atom is -0.456 e. The highest BCUT2D eigenvalue weighted by Crippen LogP contribution is 2.44. The van der Waals surface area contributed by atoms with Gasteiger partial charge >= 0.3 is 0 Å². The summed E-state index contributed by atoms with van der Waals surface area (Å²) in [5.41, 5.74) is 11.8. The maximum Gasteiger partial charge on any atom is 0.227 e. The van der Waals surface area contributed by atoms with E-state index in [0.29, 0.717) is 5.89 Å². The molecule has 8 aromatic carbocycles. The number of benzene rings is 8. The fourth-order valence-electron chi connectivity index (χ4n) is 7.22. The van der Waals surface area contributed by atoms with Gasteiger partial charge < -0.3 is 13.7 Å². The van der Waals surface area contributed by atoms with Gasteiger partial charge in [0.05, 0.1) is 11.1 Å². The molecule has 2 aromatic heterocycles. The van der Waals surface area contributed by atoms with Gasteiger partial charge in [-0.15, -0.1) is 0 Å². The Bertz CT molecular complexity index is 2850. The Hall–Kier alpha value is -6.91. The molecule has 0 bridgehead atoms. The largest absolute Gasteiger partial charge is 0.456 e. The van der Waals surface area contributed by atoms with E-state index in [9.17, 15) is 0 Å². The summed E-state index contributed by atoms with van der Waals surface area (Å²) >= 11 is 0. The number of hydrogen-bond donors (Lipinski definition) is 0. The van der Waals surface area contributed by atoms with E-state index in [1.54, 1.807) is 0 Å². The van der Waals surface area contributed by atoms with Crippen LogP contribution in [0.25, 0.3) is 77.5 Å². The highest BCUT2D eigenvalue weighted by molar-refractivity contribution is 6.13. The minimum absolute atomic E-state index is 0.616. The zero-order valence-corrected chi connectivity index (χ0v) is 27.5. The summed E-state index contributed by atoms with van der Waals surface area (Å²) in [6.45, 7) is 0. The van der Waals surface area contributed by atoms with Gasteiger partial charge in [-0.3, -0.25) is 0 Å². The molecule has 0 aliphatic heterocycles. The fraction of sp³-hybridized carbons (Fsp3) is 0. The second-order valence-corrected chi connectivity index (χ2v) is 12.8. The molecule has 0 spiro atoms. The van der Waals surface area contributed by atoms with Crippen molar-refractivity contribution in [2.45, 2.75) is 0 Å². The van der Waals surface area contributed by atoms with Crippen molar-refractivity contribution in [3.63, 3.8) is 0 Å². The maximum atomic E-state index is 6.50. The Morgan fingerprint density at radius 3 is 1.90 bits per heavy atom. The number of oxazole rings is 1. The fourth-order valence-corrected chi connectivity index (χ4v) is 7.22. The van der Waals surface area contributed by atoms with Gasteiger partial charge in [-0.2, -0.15) is 0 Å². The van der Waals surface area contributed by atoms with Crippen molar-refractivity contribution >= 4 is 60.9 Å². The normalized spacial score (nSPS) is 11.5. The summed E-state index contributed by atoms with van der Waals surface area (Å²) in [5, 5.41) is 4.52. The number of rotatable bonds is 6. The van der Waals surface area contributed by atoms with Crippen LogP contribution < -0.4 is 4.90 Å². The molecule has 0 radical (unpaired) electrons. The molecule has 0 aliphatic carbocycles. The van der Waals surface area contributed by atoms with Crippen molar-refractivity contribution in [1.82, 2.24) is 4.98 Å². The molecule has 2 heterocycles. The lowest BCUT2D eigenvalue weighted by Gasteiger charge is -2.26. The molecule has 0 saturated carbocycles. The quantitative estimate of drug-likeness (QED) is 0.179. The van der Waals surface area contributed by atoms with E-state index in [4.69, 9.17) is 13.8 Å². The average molecular weight is 655 g/mol. The predicted molar refractivity (Wildman–Crippen MR) is 210 cm³/mol. The van der Waals surface area contributed by atoms with Crippen LogP contribution >= 0.6 is 0 Å². The van der Waals surface area contributed by atoms with E-state index in [2.05, 4.69) is 150 Å². The summed E-state index contributed by atoms with van der Waals surface area (Å²) in [6, 6.07) is 63.3. The van der Waals surface area contributed by atoms with Crippen molar-refractivity contribution in [1.29, 1.82) is 0 Å². The summed E-state index contributed by atoms with van der Waals surface area (Å²) in [5.74, 6) is 0.616.